The molecule has 0 bridgehead atoms. The molecule has 2 heterocycles. The van der Waals surface area contributed by atoms with Crippen LogP contribution in [0.4, 0.5) is 0 Å². The van der Waals surface area contributed by atoms with Crippen molar-refractivity contribution in [3.05, 3.63) is 95.3 Å². The third-order valence-corrected chi connectivity index (χ3v) is 6.90. The number of hydrogen-bond acceptors (Lipinski definition) is 3. The Kier molecular flexibility index (Phi) is 6.35. The number of aromatic nitrogens is 2. The van der Waals surface area contributed by atoms with Crippen LogP contribution in [0.15, 0.2) is 72.8 Å². The van der Waals surface area contributed by atoms with Gasteiger partial charge in [-0.3, -0.25) is 4.79 Å². The first-order chi connectivity index (χ1) is 16.6. The molecule has 1 fully saturated rings. The zero-order valence-corrected chi connectivity index (χ0v) is 19.9. The standard InChI is InChI=1S/C29H31N3O2/c1-21-9-8-14-27(22(21)2)34-18-17-32-26-13-7-6-12-25(26)30-29(32)24-19-28(33)31(20-24)16-15-23-10-4-3-5-11-23/h3-14,24H,15-20H2,1-2H3. The van der Waals surface area contributed by atoms with E-state index in [1.54, 1.807) is 0 Å². The Balaban J connectivity index is 1.32. The molecule has 1 aliphatic rings. The molecule has 4 aromatic rings. The fraction of sp³-hybridized carbons (Fsp3) is 0.310. The summed E-state index contributed by atoms with van der Waals surface area (Å²) in [4.78, 5) is 19.8. The lowest BCUT2D eigenvalue weighted by Gasteiger charge is -2.18. The van der Waals surface area contributed by atoms with Crippen molar-refractivity contribution in [1.29, 1.82) is 0 Å². The number of carbonyl (C=O) groups is 1. The van der Waals surface area contributed by atoms with Crippen molar-refractivity contribution in [2.45, 2.75) is 39.2 Å². The van der Waals surface area contributed by atoms with Gasteiger partial charge in [-0.15, -0.1) is 0 Å². The van der Waals surface area contributed by atoms with E-state index in [1.807, 2.05) is 53.4 Å². The number of rotatable bonds is 8. The average molecular weight is 454 g/mol. The minimum atomic E-state index is 0.0939. The molecule has 0 spiro atoms. The molecule has 1 amide bonds. The van der Waals surface area contributed by atoms with E-state index < -0.39 is 0 Å². The van der Waals surface area contributed by atoms with Crippen molar-refractivity contribution in [1.82, 2.24) is 14.5 Å². The van der Waals surface area contributed by atoms with Gasteiger partial charge in [0.25, 0.3) is 0 Å². The lowest BCUT2D eigenvalue weighted by atomic mass is 10.1. The summed E-state index contributed by atoms with van der Waals surface area (Å²) in [6, 6.07) is 24.7. The molecule has 1 unspecified atom stereocenters. The molecular formula is C29H31N3O2. The number of ether oxygens (including phenoxy) is 1. The lowest BCUT2D eigenvalue weighted by molar-refractivity contribution is -0.127. The van der Waals surface area contributed by atoms with Crippen LogP contribution in [0, 0.1) is 13.8 Å². The monoisotopic (exact) mass is 453 g/mol. The number of benzene rings is 3. The molecule has 34 heavy (non-hydrogen) atoms. The Morgan fingerprint density at radius 3 is 2.59 bits per heavy atom. The quantitative estimate of drug-likeness (QED) is 0.364. The van der Waals surface area contributed by atoms with E-state index >= 15 is 0 Å². The summed E-state index contributed by atoms with van der Waals surface area (Å²) in [6.45, 7) is 6.90. The van der Waals surface area contributed by atoms with Gasteiger partial charge >= 0.3 is 0 Å². The second-order valence-corrected chi connectivity index (χ2v) is 9.13. The van der Waals surface area contributed by atoms with Crippen LogP contribution in [0.5, 0.6) is 5.75 Å². The maximum atomic E-state index is 12.8. The highest BCUT2D eigenvalue weighted by molar-refractivity contribution is 5.81. The highest BCUT2D eigenvalue weighted by Gasteiger charge is 2.33. The third-order valence-electron chi connectivity index (χ3n) is 6.90. The second kappa shape index (κ2) is 9.72. The number of nitrogens with zero attached hydrogens (tertiary/aromatic N) is 3. The number of hydrogen-bond donors (Lipinski definition) is 0. The second-order valence-electron chi connectivity index (χ2n) is 9.13. The van der Waals surface area contributed by atoms with Crippen molar-refractivity contribution >= 4 is 16.9 Å². The molecule has 5 rings (SSSR count). The van der Waals surface area contributed by atoms with Gasteiger partial charge in [0.1, 0.15) is 18.2 Å². The number of para-hydroxylation sites is 2. The fourth-order valence-corrected chi connectivity index (χ4v) is 4.84. The summed E-state index contributed by atoms with van der Waals surface area (Å²) in [5.74, 6) is 2.22. The van der Waals surface area contributed by atoms with E-state index in [-0.39, 0.29) is 11.8 Å². The van der Waals surface area contributed by atoms with Gasteiger partial charge < -0.3 is 14.2 Å². The Morgan fingerprint density at radius 2 is 1.74 bits per heavy atom. The van der Waals surface area contributed by atoms with E-state index in [0.717, 1.165) is 35.6 Å². The van der Waals surface area contributed by atoms with Crippen LogP contribution >= 0.6 is 0 Å². The zero-order chi connectivity index (χ0) is 23.5. The van der Waals surface area contributed by atoms with Gasteiger partial charge in [-0.05, 0) is 55.2 Å². The van der Waals surface area contributed by atoms with Gasteiger partial charge in [0.2, 0.25) is 5.91 Å². The first-order valence-electron chi connectivity index (χ1n) is 12.1. The molecule has 3 aromatic carbocycles. The summed E-state index contributed by atoms with van der Waals surface area (Å²) in [5, 5.41) is 0. The summed E-state index contributed by atoms with van der Waals surface area (Å²) in [5.41, 5.74) is 5.73. The van der Waals surface area contributed by atoms with Crippen LogP contribution in [0.3, 0.4) is 0 Å². The minimum absolute atomic E-state index is 0.0939. The predicted octanol–water partition coefficient (Wildman–Crippen LogP) is 5.29. The predicted molar refractivity (Wildman–Crippen MR) is 135 cm³/mol. The maximum absolute atomic E-state index is 12.8. The Bertz CT molecular complexity index is 1300. The van der Waals surface area contributed by atoms with E-state index in [1.165, 1.54) is 16.7 Å². The third kappa shape index (κ3) is 4.56. The van der Waals surface area contributed by atoms with Crippen LogP contribution in [0.25, 0.3) is 11.0 Å². The molecule has 5 heteroatoms. The van der Waals surface area contributed by atoms with Gasteiger partial charge in [0, 0.05) is 25.4 Å². The smallest absolute Gasteiger partial charge is 0.223 e. The number of imidazole rings is 1. The van der Waals surface area contributed by atoms with Crippen molar-refractivity contribution < 1.29 is 9.53 Å². The van der Waals surface area contributed by atoms with Crippen molar-refractivity contribution in [2.75, 3.05) is 19.7 Å². The molecule has 1 atom stereocenters. The van der Waals surface area contributed by atoms with Gasteiger partial charge in [0.05, 0.1) is 17.6 Å². The Labute approximate surface area is 201 Å². The molecule has 0 N–H and O–H groups in total. The van der Waals surface area contributed by atoms with E-state index in [0.29, 0.717) is 26.1 Å². The molecule has 1 aromatic heterocycles. The molecule has 1 aliphatic heterocycles. The molecule has 0 radical (unpaired) electrons. The number of aryl methyl sites for hydroxylation is 1. The lowest BCUT2D eigenvalue weighted by Crippen LogP contribution is -2.27. The number of likely N-dealkylation sites (tertiary alicyclic amines) is 1. The highest BCUT2D eigenvalue weighted by atomic mass is 16.5. The SMILES string of the molecule is Cc1cccc(OCCn2c(C3CC(=O)N(CCc4ccccc4)C3)nc3ccccc32)c1C. The minimum Gasteiger partial charge on any atom is -0.491 e. The van der Waals surface area contributed by atoms with E-state index in [2.05, 4.69) is 42.7 Å². The zero-order valence-electron chi connectivity index (χ0n) is 19.9. The molecule has 0 aliphatic carbocycles. The molecule has 0 saturated carbocycles. The molecular weight excluding hydrogens is 422 g/mol. The van der Waals surface area contributed by atoms with Gasteiger partial charge in [0.15, 0.2) is 0 Å². The fourth-order valence-electron chi connectivity index (χ4n) is 4.84. The topological polar surface area (TPSA) is 47.4 Å². The van der Waals surface area contributed by atoms with Crippen LogP contribution in [0.2, 0.25) is 0 Å². The van der Waals surface area contributed by atoms with Crippen LogP contribution in [-0.4, -0.2) is 40.1 Å². The normalized spacial score (nSPS) is 15.9. The van der Waals surface area contributed by atoms with Crippen LogP contribution in [-0.2, 0) is 17.8 Å². The number of carbonyl (C=O) groups excluding carboxylic acids is 1. The summed E-state index contributed by atoms with van der Waals surface area (Å²) in [7, 11) is 0. The van der Waals surface area contributed by atoms with Crippen molar-refractivity contribution in [3.8, 4) is 5.75 Å². The largest absolute Gasteiger partial charge is 0.491 e. The Morgan fingerprint density at radius 1 is 0.941 bits per heavy atom. The molecule has 1 saturated heterocycles. The van der Waals surface area contributed by atoms with Gasteiger partial charge in [-0.25, -0.2) is 4.98 Å². The summed E-state index contributed by atoms with van der Waals surface area (Å²) < 4.78 is 8.41. The van der Waals surface area contributed by atoms with Crippen LogP contribution in [0.1, 0.15) is 34.9 Å². The van der Waals surface area contributed by atoms with Crippen molar-refractivity contribution in [2.24, 2.45) is 0 Å². The molecule has 5 nitrogen and oxygen atoms in total. The molecule has 174 valence electrons. The summed E-state index contributed by atoms with van der Waals surface area (Å²) >= 11 is 0. The first-order valence-corrected chi connectivity index (χ1v) is 12.1. The van der Waals surface area contributed by atoms with Crippen LogP contribution < -0.4 is 4.74 Å². The van der Waals surface area contributed by atoms with E-state index in [4.69, 9.17) is 9.72 Å². The first kappa shape index (κ1) is 22.2. The maximum Gasteiger partial charge on any atom is 0.223 e. The van der Waals surface area contributed by atoms with E-state index in [9.17, 15) is 4.79 Å². The highest BCUT2D eigenvalue weighted by Crippen LogP contribution is 2.31. The number of fused-ring (bicyclic) bond motifs is 1. The average Bonchev–Trinajstić information content (AvgIpc) is 3.41. The van der Waals surface area contributed by atoms with Gasteiger partial charge in [-0.2, -0.15) is 0 Å². The summed E-state index contributed by atoms with van der Waals surface area (Å²) in [6.07, 6.45) is 1.38. The van der Waals surface area contributed by atoms with Crippen molar-refractivity contribution in [3.63, 3.8) is 0 Å². The Hall–Kier alpha value is -3.60. The van der Waals surface area contributed by atoms with Gasteiger partial charge in [-0.1, -0.05) is 54.6 Å². The number of amides is 1.